The number of benzene rings is 2. The van der Waals surface area contributed by atoms with Crippen LogP contribution in [0.5, 0.6) is 5.75 Å². The fourth-order valence-electron chi connectivity index (χ4n) is 1.94. The number of ether oxygens (including phenoxy) is 1. The molecular weight excluding hydrogens is 376 g/mol. The lowest BCUT2D eigenvalue weighted by atomic mass is 10.2. The van der Waals surface area contributed by atoms with E-state index in [1.807, 2.05) is 44.3 Å². The first kappa shape index (κ1) is 17.4. The van der Waals surface area contributed by atoms with E-state index in [2.05, 4.69) is 21.2 Å². The molecule has 2 aromatic rings. The molecule has 0 bridgehead atoms. The molecule has 23 heavy (non-hydrogen) atoms. The largest absolute Gasteiger partial charge is 0.493 e. The number of amides is 1. The van der Waals surface area contributed by atoms with Crippen molar-refractivity contribution in [3.63, 3.8) is 0 Å². The van der Waals surface area contributed by atoms with Crippen molar-refractivity contribution in [2.75, 3.05) is 18.6 Å². The molecule has 0 aromatic heterocycles. The highest BCUT2D eigenvalue weighted by Gasteiger charge is 2.13. The molecule has 0 saturated carbocycles. The van der Waals surface area contributed by atoms with Gasteiger partial charge < -0.3 is 9.64 Å². The number of anilines is 1. The standard InChI is InChI=1S/C17H17BrN2O2S/c1-3-22-15-10-9-12(11-14(15)18)16(21)19-17(23)20(2)13-7-5-4-6-8-13/h4-11H,3H2,1-2H3,(H,19,21,23). The van der Waals surface area contributed by atoms with E-state index < -0.39 is 0 Å². The second kappa shape index (κ2) is 8.08. The van der Waals surface area contributed by atoms with Crippen molar-refractivity contribution in [1.82, 2.24) is 5.32 Å². The number of rotatable bonds is 4. The van der Waals surface area contributed by atoms with Gasteiger partial charge in [0.1, 0.15) is 5.75 Å². The molecule has 0 aliphatic carbocycles. The maximum absolute atomic E-state index is 12.3. The van der Waals surface area contributed by atoms with Crippen LogP contribution >= 0.6 is 28.1 Å². The van der Waals surface area contributed by atoms with Gasteiger partial charge >= 0.3 is 0 Å². The van der Waals surface area contributed by atoms with Crippen LogP contribution in [0.1, 0.15) is 17.3 Å². The Morgan fingerprint density at radius 2 is 1.96 bits per heavy atom. The molecule has 1 amide bonds. The summed E-state index contributed by atoms with van der Waals surface area (Å²) < 4.78 is 6.17. The molecule has 0 unspecified atom stereocenters. The Labute approximate surface area is 149 Å². The quantitative estimate of drug-likeness (QED) is 0.798. The van der Waals surface area contributed by atoms with Crippen LogP contribution in [0, 0.1) is 0 Å². The normalized spacial score (nSPS) is 10.0. The Balaban J connectivity index is 2.07. The van der Waals surface area contributed by atoms with E-state index in [0.29, 0.717) is 23.0 Å². The monoisotopic (exact) mass is 392 g/mol. The molecular formula is C17H17BrN2O2S. The second-order valence-electron chi connectivity index (χ2n) is 4.73. The van der Waals surface area contributed by atoms with E-state index in [4.69, 9.17) is 17.0 Å². The highest BCUT2D eigenvalue weighted by molar-refractivity contribution is 9.10. The van der Waals surface area contributed by atoms with E-state index >= 15 is 0 Å². The van der Waals surface area contributed by atoms with Crippen molar-refractivity contribution in [3.05, 3.63) is 58.6 Å². The molecule has 0 saturated heterocycles. The predicted octanol–water partition coefficient (Wildman–Crippen LogP) is 4.00. The summed E-state index contributed by atoms with van der Waals surface area (Å²) >= 11 is 8.69. The molecule has 0 aliphatic rings. The Hall–Kier alpha value is -1.92. The van der Waals surface area contributed by atoms with Gasteiger partial charge in [-0.25, -0.2) is 0 Å². The van der Waals surface area contributed by atoms with Gasteiger partial charge in [-0.3, -0.25) is 10.1 Å². The summed E-state index contributed by atoms with van der Waals surface area (Å²) in [6.45, 7) is 2.47. The van der Waals surface area contributed by atoms with Gasteiger partial charge in [0.05, 0.1) is 11.1 Å². The molecule has 0 spiro atoms. The summed E-state index contributed by atoms with van der Waals surface area (Å²) in [5, 5.41) is 3.07. The van der Waals surface area contributed by atoms with E-state index in [0.717, 1.165) is 10.2 Å². The predicted molar refractivity (Wildman–Crippen MR) is 100 cm³/mol. The van der Waals surface area contributed by atoms with E-state index in [9.17, 15) is 4.79 Å². The number of thiocarbonyl (C=S) groups is 1. The highest BCUT2D eigenvalue weighted by atomic mass is 79.9. The van der Waals surface area contributed by atoms with Crippen molar-refractivity contribution in [2.24, 2.45) is 0 Å². The third-order valence-corrected chi connectivity index (χ3v) is 4.16. The average molecular weight is 393 g/mol. The summed E-state index contributed by atoms with van der Waals surface area (Å²) in [6, 6.07) is 14.8. The fraction of sp³-hybridized carbons (Fsp3) is 0.176. The van der Waals surface area contributed by atoms with Crippen molar-refractivity contribution in [3.8, 4) is 5.75 Å². The minimum atomic E-state index is -0.262. The molecule has 1 N–H and O–H groups in total. The van der Waals surface area contributed by atoms with Crippen LogP contribution in [-0.2, 0) is 0 Å². The van der Waals surface area contributed by atoms with Gasteiger partial charge in [-0.2, -0.15) is 0 Å². The van der Waals surface area contributed by atoms with Crippen LogP contribution < -0.4 is 15.0 Å². The number of carbonyl (C=O) groups is 1. The number of halogens is 1. The summed E-state index contributed by atoms with van der Waals surface area (Å²) in [5.41, 5.74) is 1.41. The van der Waals surface area contributed by atoms with Crippen molar-refractivity contribution in [1.29, 1.82) is 0 Å². The number of hydrogen-bond donors (Lipinski definition) is 1. The first-order chi connectivity index (χ1) is 11.0. The van der Waals surface area contributed by atoms with E-state index in [1.54, 1.807) is 23.1 Å². The topological polar surface area (TPSA) is 41.6 Å². The van der Waals surface area contributed by atoms with Crippen molar-refractivity contribution < 1.29 is 9.53 Å². The van der Waals surface area contributed by atoms with Crippen LogP contribution in [0.2, 0.25) is 0 Å². The Kier molecular flexibility index (Phi) is 6.12. The van der Waals surface area contributed by atoms with Crippen molar-refractivity contribution >= 4 is 44.9 Å². The van der Waals surface area contributed by atoms with Crippen LogP contribution in [0.3, 0.4) is 0 Å². The molecule has 0 heterocycles. The van der Waals surface area contributed by atoms with Gasteiger partial charge in [0, 0.05) is 18.3 Å². The Morgan fingerprint density at radius 1 is 1.26 bits per heavy atom. The van der Waals surface area contributed by atoms with Crippen LogP contribution in [0.25, 0.3) is 0 Å². The van der Waals surface area contributed by atoms with Gasteiger partial charge in [0.25, 0.3) is 5.91 Å². The zero-order valence-corrected chi connectivity index (χ0v) is 15.3. The number of nitrogens with zero attached hydrogens (tertiary/aromatic N) is 1. The number of hydrogen-bond acceptors (Lipinski definition) is 3. The molecule has 6 heteroatoms. The van der Waals surface area contributed by atoms with E-state index in [-0.39, 0.29) is 5.91 Å². The van der Waals surface area contributed by atoms with Crippen LogP contribution in [-0.4, -0.2) is 24.7 Å². The Morgan fingerprint density at radius 3 is 2.57 bits per heavy atom. The van der Waals surface area contributed by atoms with Gasteiger partial charge in [0.15, 0.2) is 5.11 Å². The molecule has 0 radical (unpaired) electrons. The number of para-hydroxylation sites is 1. The molecule has 0 aliphatic heterocycles. The SMILES string of the molecule is CCOc1ccc(C(=O)NC(=S)N(C)c2ccccc2)cc1Br. The number of carbonyl (C=O) groups excluding carboxylic acids is 1. The summed E-state index contributed by atoms with van der Waals surface area (Å²) in [7, 11) is 1.81. The van der Waals surface area contributed by atoms with Gasteiger partial charge in [-0.15, -0.1) is 0 Å². The van der Waals surface area contributed by atoms with Crippen LogP contribution in [0.15, 0.2) is 53.0 Å². The minimum absolute atomic E-state index is 0.262. The van der Waals surface area contributed by atoms with Crippen molar-refractivity contribution in [2.45, 2.75) is 6.92 Å². The smallest absolute Gasteiger partial charge is 0.257 e. The maximum Gasteiger partial charge on any atom is 0.257 e. The lowest BCUT2D eigenvalue weighted by Crippen LogP contribution is -2.40. The van der Waals surface area contributed by atoms with E-state index in [1.165, 1.54) is 0 Å². The van der Waals surface area contributed by atoms with Crippen LogP contribution in [0.4, 0.5) is 5.69 Å². The zero-order chi connectivity index (χ0) is 16.8. The summed E-state index contributed by atoms with van der Waals surface area (Å²) in [6.07, 6.45) is 0. The summed E-state index contributed by atoms with van der Waals surface area (Å²) in [4.78, 5) is 14.1. The molecule has 2 rings (SSSR count). The minimum Gasteiger partial charge on any atom is -0.493 e. The third kappa shape index (κ3) is 4.53. The molecule has 120 valence electrons. The first-order valence-electron chi connectivity index (χ1n) is 7.09. The molecule has 0 fully saturated rings. The maximum atomic E-state index is 12.3. The fourth-order valence-corrected chi connectivity index (χ4v) is 2.63. The van der Waals surface area contributed by atoms with Gasteiger partial charge in [0.2, 0.25) is 0 Å². The van der Waals surface area contributed by atoms with Gasteiger partial charge in [-0.1, -0.05) is 18.2 Å². The van der Waals surface area contributed by atoms with Gasteiger partial charge in [-0.05, 0) is 65.4 Å². The highest BCUT2D eigenvalue weighted by Crippen LogP contribution is 2.26. The summed E-state index contributed by atoms with van der Waals surface area (Å²) in [5.74, 6) is 0.439. The molecule has 4 nitrogen and oxygen atoms in total. The zero-order valence-electron chi connectivity index (χ0n) is 12.9. The average Bonchev–Trinajstić information content (AvgIpc) is 2.56. The number of nitrogens with one attached hydrogen (secondary N) is 1. The first-order valence-corrected chi connectivity index (χ1v) is 8.29. The molecule has 2 aromatic carbocycles. The third-order valence-electron chi connectivity index (χ3n) is 3.16. The molecule has 0 atom stereocenters. The second-order valence-corrected chi connectivity index (χ2v) is 5.97. The Bertz CT molecular complexity index is 707. The lowest BCUT2D eigenvalue weighted by Gasteiger charge is -2.20. The lowest BCUT2D eigenvalue weighted by molar-refractivity contribution is 0.0977.